The quantitative estimate of drug-likeness (QED) is 0.410. The molecule has 0 heterocycles. The number of hydrogen-bond donors (Lipinski definition) is 3. The third-order valence-corrected chi connectivity index (χ3v) is 2.73. The van der Waals surface area contributed by atoms with E-state index in [4.69, 9.17) is 18.1 Å². The van der Waals surface area contributed by atoms with Crippen LogP contribution in [0.1, 0.15) is 5.56 Å². The average Bonchev–Trinajstić information content (AvgIpc) is 2.13. The summed E-state index contributed by atoms with van der Waals surface area (Å²) >= 11 is 8.30. The van der Waals surface area contributed by atoms with Gasteiger partial charge in [0.1, 0.15) is 0 Å². The first kappa shape index (κ1) is 10.4. The topological polar surface area (TPSA) is 50.1 Å². The molecule has 0 aliphatic heterocycles. The van der Waals surface area contributed by atoms with Gasteiger partial charge in [0.2, 0.25) is 0 Å². The normalized spacial score (nSPS) is 9.46. The molecule has 70 valence electrons. The van der Waals surface area contributed by atoms with E-state index in [1.54, 1.807) is 0 Å². The fraction of sp³-hybridized carbons (Fsp3) is 0.125. The highest BCUT2D eigenvalue weighted by atomic mass is 79.9. The van der Waals surface area contributed by atoms with E-state index in [1.807, 2.05) is 25.1 Å². The zero-order valence-corrected chi connectivity index (χ0v) is 9.50. The van der Waals surface area contributed by atoms with E-state index in [-0.39, 0.29) is 0 Å². The summed E-state index contributed by atoms with van der Waals surface area (Å²) in [6, 6.07) is 5.84. The number of hydrogen-bond acceptors (Lipinski definition) is 2. The van der Waals surface area contributed by atoms with Crippen LogP contribution in [-0.4, -0.2) is 5.11 Å². The van der Waals surface area contributed by atoms with Gasteiger partial charge in [0.15, 0.2) is 5.11 Å². The van der Waals surface area contributed by atoms with Crippen LogP contribution in [0.2, 0.25) is 0 Å². The van der Waals surface area contributed by atoms with Crippen molar-refractivity contribution < 1.29 is 0 Å². The lowest BCUT2D eigenvalue weighted by Gasteiger charge is -2.10. The van der Waals surface area contributed by atoms with Crippen molar-refractivity contribution in [1.29, 1.82) is 0 Å². The molecule has 0 unspecified atom stereocenters. The smallest absolute Gasteiger partial charge is 0.185 e. The van der Waals surface area contributed by atoms with Crippen molar-refractivity contribution in [2.45, 2.75) is 6.92 Å². The first-order valence-corrected chi connectivity index (χ1v) is 4.88. The van der Waals surface area contributed by atoms with Gasteiger partial charge < -0.3 is 10.7 Å². The Kier molecular flexibility index (Phi) is 3.65. The van der Waals surface area contributed by atoms with Crippen LogP contribution in [0.5, 0.6) is 0 Å². The third-order valence-electron chi connectivity index (χ3n) is 1.65. The molecule has 1 aromatic carbocycles. The summed E-state index contributed by atoms with van der Waals surface area (Å²) in [5.74, 6) is 5.14. The number of hydrazine groups is 1. The molecule has 0 saturated carbocycles. The van der Waals surface area contributed by atoms with Crippen LogP contribution in [-0.2, 0) is 0 Å². The number of anilines is 1. The Morgan fingerprint density at radius 1 is 1.54 bits per heavy atom. The number of thiocarbonyl (C=S) groups is 1. The second-order valence-electron chi connectivity index (χ2n) is 2.51. The summed E-state index contributed by atoms with van der Waals surface area (Å²) in [6.45, 7) is 1.99. The van der Waals surface area contributed by atoms with Crippen molar-refractivity contribution >= 4 is 38.9 Å². The van der Waals surface area contributed by atoms with Crippen LogP contribution < -0.4 is 16.6 Å². The molecule has 0 bridgehead atoms. The van der Waals surface area contributed by atoms with E-state index in [9.17, 15) is 0 Å². The molecular weight excluding hydrogens is 250 g/mol. The Hall–Kier alpha value is -0.650. The van der Waals surface area contributed by atoms with Gasteiger partial charge in [-0.05, 0) is 36.8 Å². The lowest BCUT2D eigenvalue weighted by molar-refractivity contribution is 1.04. The first-order chi connectivity index (χ1) is 6.15. The Labute approximate surface area is 90.8 Å². The molecule has 0 spiro atoms. The minimum Gasteiger partial charge on any atom is -0.331 e. The molecule has 13 heavy (non-hydrogen) atoms. The highest BCUT2D eigenvalue weighted by Gasteiger charge is 2.01. The summed E-state index contributed by atoms with van der Waals surface area (Å²) in [5.41, 5.74) is 4.40. The Bertz CT molecular complexity index is 327. The second kappa shape index (κ2) is 4.55. The lowest BCUT2D eigenvalue weighted by Crippen LogP contribution is -2.34. The van der Waals surface area contributed by atoms with E-state index >= 15 is 0 Å². The summed E-state index contributed by atoms with van der Waals surface area (Å²) in [5, 5.41) is 3.37. The minimum atomic E-state index is 0.404. The monoisotopic (exact) mass is 259 g/mol. The summed E-state index contributed by atoms with van der Waals surface area (Å²) in [7, 11) is 0. The number of rotatable bonds is 1. The minimum absolute atomic E-state index is 0.404. The highest BCUT2D eigenvalue weighted by molar-refractivity contribution is 9.10. The molecule has 4 N–H and O–H groups in total. The molecule has 0 fully saturated rings. The highest BCUT2D eigenvalue weighted by Crippen LogP contribution is 2.23. The molecule has 0 aliphatic carbocycles. The summed E-state index contributed by atoms with van der Waals surface area (Å²) in [6.07, 6.45) is 0. The number of benzene rings is 1. The van der Waals surface area contributed by atoms with Crippen molar-refractivity contribution in [1.82, 2.24) is 5.43 Å². The zero-order chi connectivity index (χ0) is 9.84. The van der Waals surface area contributed by atoms with Gasteiger partial charge in [0.25, 0.3) is 0 Å². The van der Waals surface area contributed by atoms with E-state index in [2.05, 4.69) is 26.7 Å². The van der Waals surface area contributed by atoms with Crippen molar-refractivity contribution in [3.8, 4) is 0 Å². The first-order valence-electron chi connectivity index (χ1n) is 3.68. The van der Waals surface area contributed by atoms with Gasteiger partial charge in [-0.2, -0.15) is 0 Å². The van der Waals surface area contributed by atoms with Crippen LogP contribution in [0.25, 0.3) is 0 Å². The molecule has 0 radical (unpaired) electrons. The number of halogens is 1. The molecule has 0 atom stereocenters. The van der Waals surface area contributed by atoms with E-state index < -0.39 is 0 Å². The van der Waals surface area contributed by atoms with Crippen LogP contribution >= 0.6 is 28.1 Å². The van der Waals surface area contributed by atoms with Gasteiger partial charge in [0, 0.05) is 10.2 Å². The SMILES string of the molecule is Cc1c(Br)cccc1NC(=S)NN. The third kappa shape index (κ3) is 2.65. The predicted octanol–water partition coefficient (Wildman–Crippen LogP) is 1.92. The molecule has 0 amide bonds. The molecule has 0 aliphatic rings. The number of nitrogens with one attached hydrogen (secondary N) is 2. The Balaban J connectivity index is 2.89. The molecular formula is C8H10BrN3S. The molecule has 0 saturated heterocycles. The van der Waals surface area contributed by atoms with Crippen molar-refractivity contribution in [3.63, 3.8) is 0 Å². The van der Waals surface area contributed by atoms with E-state index in [1.165, 1.54) is 0 Å². The Morgan fingerprint density at radius 3 is 2.85 bits per heavy atom. The molecule has 0 aromatic heterocycles. The molecule has 5 heteroatoms. The van der Waals surface area contributed by atoms with Crippen molar-refractivity contribution in [3.05, 3.63) is 28.2 Å². The van der Waals surface area contributed by atoms with Gasteiger partial charge in [0.05, 0.1) is 0 Å². The standard InChI is InChI=1S/C8H10BrN3S/c1-5-6(9)3-2-4-7(5)11-8(13)12-10/h2-4H,10H2,1H3,(H2,11,12,13). The molecule has 1 rings (SSSR count). The predicted molar refractivity (Wildman–Crippen MR) is 62.4 cm³/mol. The van der Waals surface area contributed by atoms with Gasteiger partial charge in [-0.15, -0.1) is 0 Å². The van der Waals surface area contributed by atoms with Crippen LogP contribution in [0.15, 0.2) is 22.7 Å². The second-order valence-corrected chi connectivity index (χ2v) is 3.77. The maximum atomic E-state index is 5.14. The molecule has 1 aromatic rings. The van der Waals surface area contributed by atoms with Gasteiger partial charge in [-0.3, -0.25) is 0 Å². The summed E-state index contributed by atoms with van der Waals surface area (Å²) < 4.78 is 1.04. The van der Waals surface area contributed by atoms with Crippen LogP contribution in [0, 0.1) is 6.92 Å². The van der Waals surface area contributed by atoms with Crippen molar-refractivity contribution in [2.24, 2.45) is 5.84 Å². The van der Waals surface area contributed by atoms with Crippen LogP contribution in [0.4, 0.5) is 5.69 Å². The largest absolute Gasteiger partial charge is 0.331 e. The zero-order valence-electron chi connectivity index (χ0n) is 7.10. The Morgan fingerprint density at radius 2 is 2.23 bits per heavy atom. The maximum Gasteiger partial charge on any atom is 0.185 e. The fourth-order valence-corrected chi connectivity index (χ4v) is 1.38. The molecule has 3 nitrogen and oxygen atoms in total. The van der Waals surface area contributed by atoms with Crippen molar-refractivity contribution in [2.75, 3.05) is 5.32 Å². The average molecular weight is 260 g/mol. The van der Waals surface area contributed by atoms with E-state index in [0.29, 0.717) is 5.11 Å². The summed E-state index contributed by atoms with van der Waals surface area (Å²) in [4.78, 5) is 0. The maximum absolute atomic E-state index is 5.14. The lowest BCUT2D eigenvalue weighted by atomic mass is 10.2. The van der Waals surface area contributed by atoms with Gasteiger partial charge in [-0.1, -0.05) is 22.0 Å². The van der Waals surface area contributed by atoms with Gasteiger partial charge in [-0.25, -0.2) is 5.84 Å². The fourth-order valence-electron chi connectivity index (χ4n) is 0.901. The van der Waals surface area contributed by atoms with Gasteiger partial charge >= 0.3 is 0 Å². The number of nitrogens with two attached hydrogens (primary N) is 1. The van der Waals surface area contributed by atoms with Crippen LogP contribution in [0.3, 0.4) is 0 Å². The van der Waals surface area contributed by atoms with E-state index in [0.717, 1.165) is 15.7 Å².